The summed E-state index contributed by atoms with van der Waals surface area (Å²) in [5, 5.41) is 1.44. The highest BCUT2D eigenvalue weighted by atomic mass is 32.7. The molecule has 0 heterocycles. The van der Waals surface area contributed by atoms with Gasteiger partial charge in [-0.05, 0) is 72.3 Å². The lowest BCUT2D eigenvalue weighted by molar-refractivity contribution is 0.236. The van der Waals surface area contributed by atoms with E-state index in [0.717, 1.165) is 33.3 Å². The molecule has 4 aromatic carbocycles. The molecule has 0 radical (unpaired) electrons. The molecule has 0 bridgehead atoms. The molecule has 4 aromatic rings. The summed E-state index contributed by atoms with van der Waals surface area (Å²) in [6, 6.07) is 27.7. The number of aryl methyl sites for hydroxylation is 1. The maximum Gasteiger partial charge on any atom is 0.390 e. The maximum absolute atomic E-state index is 13.7. The first kappa shape index (κ1) is 27.4. The summed E-state index contributed by atoms with van der Waals surface area (Å²) in [5.41, 5.74) is 2.89. The van der Waals surface area contributed by atoms with E-state index in [9.17, 15) is 13.0 Å². The van der Waals surface area contributed by atoms with Crippen LogP contribution in [0.5, 0.6) is 0 Å². The van der Waals surface area contributed by atoms with Gasteiger partial charge in [-0.2, -0.15) is 0 Å². The minimum absolute atomic E-state index is 0.163. The second kappa shape index (κ2) is 11.8. The van der Waals surface area contributed by atoms with E-state index in [-0.39, 0.29) is 18.1 Å². The highest BCUT2D eigenvalue weighted by Crippen LogP contribution is 2.67. The van der Waals surface area contributed by atoms with Crippen molar-refractivity contribution in [2.75, 3.05) is 17.9 Å². The molecule has 1 atom stereocenters. The summed E-state index contributed by atoms with van der Waals surface area (Å²) >= 11 is 1.08. The minimum Gasteiger partial charge on any atom is -0.301 e. The van der Waals surface area contributed by atoms with Gasteiger partial charge < -0.3 is 9.05 Å². The summed E-state index contributed by atoms with van der Waals surface area (Å²) in [4.78, 5) is 0.163. The van der Waals surface area contributed by atoms with Gasteiger partial charge in [-0.25, -0.2) is 13.0 Å². The molecule has 194 valence electrons. The quantitative estimate of drug-likeness (QED) is 0.189. The topological polar surface area (TPSA) is 81.7 Å². The lowest BCUT2D eigenvalue weighted by Crippen LogP contribution is -2.15. The number of nitrogens with one attached hydrogen (secondary N) is 1. The standard InChI is InChI=1S/C28H30NO5PS2/c1-4-33-35(30,34-5-2)36-28(25-15-10-12-22-11-6-7-13-24(22)25)26-14-8-9-16-27(26)29-37(31,32)23-19-17-21(3)18-20-23/h6-20,28-29H,4-5H2,1-3H3. The number of hydrogen-bond acceptors (Lipinski definition) is 6. The highest BCUT2D eigenvalue weighted by Gasteiger charge is 2.34. The molecule has 0 amide bonds. The zero-order chi connectivity index (χ0) is 26.5. The lowest BCUT2D eigenvalue weighted by atomic mass is 9.97. The molecular formula is C28H30NO5PS2. The molecule has 0 fully saturated rings. The molecule has 6 nitrogen and oxygen atoms in total. The van der Waals surface area contributed by atoms with Crippen molar-refractivity contribution < 1.29 is 22.0 Å². The van der Waals surface area contributed by atoms with Crippen LogP contribution < -0.4 is 4.72 Å². The number of benzene rings is 4. The van der Waals surface area contributed by atoms with E-state index in [0.29, 0.717) is 11.3 Å². The predicted octanol–water partition coefficient (Wildman–Crippen LogP) is 7.95. The second-order valence-corrected chi connectivity index (χ2v) is 14.1. The SMILES string of the molecule is CCOP(=O)(OCC)SC(c1ccccc1NS(=O)(=O)c1ccc(C)cc1)c1cccc2ccccc12. The van der Waals surface area contributed by atoms with Crippen molar-refractivity contribution in [3.8, 4) is 0 Å². The molecule has 0 spiro atoms. The van der Waals surface area contributed by atoms with Crippen molar-refractivity contribution in [1.29, 1.82) is 0 Å². The molecule has 9 heteroatoms. The molecule has 0 aliphatic carbocycles. The van der Waals surface area contributed by atoms with Gasteiger partial charge in [0.15, 0.2) is 0 Å². The van der Waals surface area contributed by atoms with E-state index >= 15 is 0 Å². The largest absolute Gasteiger partial charge is 0.390 e. The van der Waals surface area contributed by atoms with Crippen LogP contribution in [0.2, 0.25) is 0 Å². The summed E-state index contributed by atoms with van der Waals surface area (Å²) < 4.78 is 54.4. The summed E-state index contributed by atoms with van der Waals surface area (Å²) in [5.74, 6) is 0. The normalized spacial score (nSPS) is 12.9. The molecule has 37 heavy (non-hydrogen) atoms. The van der Waals surface area contributed by atoms with E-state index in [1.807, 2.05) is 61.5 Å². The van der Waals surface area contributed by atoms with E-state index in [2.05, 4.69) is 4.72 Å². The van der Waals surface area contributed by atoms with Crippen LogP contribution in [-0.4, -0.2) is 21.6 Å². The van der Waals surface area contributed by atoms with Crippen molar-refractivity contribution in [1.82, 2.24) is 0 Å². The molecule has 4 rings (SSSR count). The van der Waals surface area contributed by atoms with Crippen LogP contribution in [0.15, 0.2) is 95.9 Å². The van der Waals surface area contributed by atoms with Crippen molar-refractivity contribution in [3.05, 3.63) is 108 Å². The number of rotatable bonds is 11. The molecular weight excluding hydrogens is 525 g/mol. The van der Waals surface area contributed by atoms with Crippen LogP contribution in [0.25, 0.3) is 10.8 Å². The Bertz CT molecular complexity index is 1510. The number of anilines is 1. The molecule has 0 aromatic heterocycles. The van der Waals surface area contributed by atoms with Crippen LogP contribution in [-0.2, 0) is 23.6 Å². The van der Waals surface area contributed by atoms with Crippen LogP contribution in [0.3, 0.4) is 0 Å². The smallest absolute Gasteiger partial charge is 0.301 e. The van der Waals surface area contributed by atoms with Gasteiger partial charge in [-0.1, -0.05) is 78.4 Å². The first-order chi connectivity index (χ1) is 17.8. The van der Waals surface area contributed by atoms with Crippen molar-refractivity contribution in [2.24, 2.45) is 0 Å². The first-order valence-electron chi connectivity index (χ1n) is 12.0. The third kappa shape index (κ3) is 6.46. The van der Waals surface area contributed by atoms with Crippen molar-refractivity contribution >= 4 is 44.7 Å². The average Bonchev–Trinajstić information content (AvgIpc) is 2.88. The minimum atomic E-state index is -3.87. The van der Waals surface area contributed by atoms with Gasteiger partial charge in [0.25, 0.3) is 10.0 Å². The number of para-hydroxylation sites is 1. The number of fused-ring (bicyclic) bond motifs is 1. The van der Waals surface area contributed by atoms with Crippen molar-refractivity contribution in [3.63, 3.8) is 0 Å². The first-order valence-corrected chi connectivity index (χ1v) is 16.5. The van der Waals surface area contributed by atoms with Gasteiger partial charge in [-0.15, -0.1) is 0 Å². The van der Waals surface area contributed by atoms with Gasteiger partial charge in [0, 0.05) is 0 Å². The lowest BCUT2D eigenvalue weighted by Gasteiger charge is -2.26. The predicted molar refractivity (Wildman–Crippen MR) is 153 cm³/mol. The zero-order valence-electron chi connectivity index (χ0n) is 21.0. The molecule has 0 aliphatic heterocycles. The van der Waals surface area contributed by atoms with Gasteiger partial charge >= 0.3 is 6.80 Å². The number of sulfonamides is 1. The Hall–Kier alpha value is -2.61. The van der Waals surface area contributed by atoms with Crippen LogP contribution in [0, 0.1) is 6.92 Å². The van der Waals surface area contributed by atoms with Crippen molar-refractivity contribution in [2.45, 2.75) is 30.9 Å². The third-order valence-electron chi connectivity index (χ3n) is 5.73. The fraction of sp³-hybridized carbons (Fsp3) is 0.214. The Labute approximate surface area is 222 Å². The number of hydrogen-bond donors (Lipinski definition) is 1. The monoisotopic (exact) mass is 555 g/mol. The van der Waals surface area contributed by atoms with Gasteiger partial charge in [0.05, 0.1) is 29.0 Å². The van der Waals surface area contributed by atoms with Crippen LogP contribution in [0.4, 0.5) is 5.69 Å². The van der Waals surface area contributed by atoms with E-state index < -0.39 is 22.1 Å². The van der Waals surface area contributed by atoms with Crippen LogP contribution >= 0.6 is 18.2 Å². The molecule has 0 aliphatic rings. The van der Waals surface area contributed by atoms with Gasteiger partial charge in [-0.3, -0.25) is 4.72 Å². The van der Waals surface area contributed by atoms with Crippen LogP contribution in [0.1, 0.15) is 35.8 Å². The Morgan fingerprint density at radius 3 is 2.11 bits per heavy atom. The molecule has 1 unspecified atom stereocenters. The second-order valence-electron chi connectivity index (χ2n) is 8.34. The zero-order valence-corrected chi connectivity index (χ0v) is 23.5. The summed E-state index contributed by atoms with van der Waals surface area (Å²) in [7, 11) is -3.87. The van der Waals surface area contributed by atoms with E-state index in [4.69, 9.17) is 9.05 Å². The maximum atomic E-state index is 13.7. The van der Waals surface area contributed by atoms with Gasteiger partial charge in [0.2, 0.25) is 0 Å². The molecule has 0 saturated heterocycles. The fourth-order valence-electron chi connectivity index (χ4n) is 4.04. The fourth-order valence-corrected chi connectivity index (χ4v) is 9.31. The molecule has 0 saturated carbocycles. The van der Waals surface area contributed by atoms with E-state index in [1.165, 1.54) is 0 Å². The summed E-state index contributed by atoms with van der Waals surface area (Å²) in [6.07, 6.45) is 0. The average molecular weight is 556 g/mol. The highest BCUT2D eigenvalue weighted by molar-refractivity contribution is 8.55. The van der Waals surface area contributed by atoms with Gasteiger partial charge in [0.1, 0.15) is 0 Å². The third-order valence-corrected chi connectivity index (χ3v) is 11.3. The van der Waals surface area contributed by atoms with E-state index in [1.54, 1.807) is 50.2 Å². The Balaban J connectivity index is 1.86. The Kier molecular flexibility index (Phi) is 8.78. The summed E-state index contributed by atoms with van der Waals surface area (Å²) in [6.45, 7) is 2.29. The Morgan fingerprint density at radius 2 is 1.41 bits per heavy atom. The molecule has 1 N–H and O–H groups in total. The Morgan fingerprint density at radius 1 is 0.811 bits per heavy atom.